The highest BCUT2D eigenvalue weighted by atomic mass is 35.5. The minimum absolute atomic E-state index is 0.347. The molecular weight excluding hydrogens is 380 g/mol. The van der Waals surface area contributed by atoms with Gasteiger partial charge in [0.25, 0.3) is 5.91 Å². The number of carbonyl (C=O) groups excluding carboxylic acids is 2. The number of nitrogens with one attached hydrogen (secondary N) is 1. The standard InChI is InChI=1S/C21H19ClN2O4/c1-27-11-10-23-20(25)13-28-21(26)17-12-19(14-6-8-15(22)9-7-14)24-18-5-3-2-4-16(17)18/h2-9,12H,10-11,13H2,1H3,(H,23,25). The van der Waals surface area contributed by atoms with E-state index in [0.29, 0.717) is 40.3 Å². The number of nitrogens with zero attached hydrogens (tertiary/aromatic N) is 1. The van der Waals surface area contributed by atoms with Gasteiger partial charge in [-0.3, -0.25) is 4.79 Å². The Balaban J connectivity index is 1.85. The maximum Gasteiger partial charge on any atom is 0.339 e. The topological polar surface area (TPSA) is 77.5 Å². The zero-order valence-electron chi connectivity index (χ0n) is 15.3. The molecule has 0 aliphatic rings. The summed E-state index contributed by atoms with van der Waals surface area (Å²) >= 11 is 5.95. The van der Waals surface area contributed by atoms with Crippen LogP contribution in [0, 0.1) is 0 Å². The van der Waals surface area contributed by atoms with Gasteiger partial charge in [-0.1, -0.05) is 41.9 Å². The molecule has 2 aromatic carbocycles. The van der Waals surface area contributed by atoms with Crippen molar-refractivity contribution in [1.29, 1.82) is 0 Å². The molecule has 0 unspecified atom stereocenters. The summed E-state index contributed by atoms with van der Waals surface area (Å²) in [7, 11) is 1.54. The summed E-state index contributed by atoms with van der Waals surface area (Å²) in [5, 5.41) is 3.88. The lowest BCUT2D eigenvalue weighted by Gasteiger charge is -2.10. The molecule has 7 heteroatoms. The average Bonchev–Trinajstić information content (AvgIpc) is 2.72. The van der Waals surface area contributed by atoms with Crippen LogP contribution in [0.15, 0.2) is 54.6 Å². The lowest BCUT2D eigenvalue weighted by Crippen LogP contribution is -2.31. The number of hydrogen-bond acceptors (Lipinski definition) is 5. The fourth-order valence-electron chi connectivity index (χ4n) is 2.67. The quantitative estimate of drug-likeness (QED) is 0.487. The van der Waals surface area contributed by atoms with Gasteiger partial charge in [0.05, 0.1) is 23.4 Å². The predicted molar refractivity (Wildman–Crippen MR) is 107 cm³/mol. The average molecular weight is 399 g/mol. The third kappa shape index (κ3) is 4.85. The summed E-state index contributed by atoms with van der Waals surface area (Å²) in [5.74, 6) is -0.975. The fourth-order valence-corrected chi connectivity index (χ4v) is 2.79. The predicted octanol–water partition coefficient (Wildman–Crippen LogP) is 3.47. The van der Waals surface area contributed by atoms with Crippen molar-refractivity contribution < 1.29 is 19.1 Å². The molecule has 0 bridgehead atoms. The number of rotatable bonds is 7. The highest BCUT2D eigenvalue weighted by molar-refractivity contribution is 6.30. The molecule has 0 saturated carbocycles. The van der Waals surface area contributed by atoms with Crippen molar-refractivity contribution in [2.75, 3.05) is 26.9 Å². The first-order valence-corrected chi connectivity index (χ1v) is 9.05. The molecule has 3 rings (SSSR count). The Hall–Kier alpha value is -2.96. The van der Waals surface area contributed by atoms with Gasteiger partial charge in [0, 0.05) is 29.6 Å². The van der Waals surface area contributed by atoms with Gasteiger partial charge in [-0.15, -0.1) is 0 Å². The van der Waals surface area contributed by atoms with E-state index in [9.17, 15) is 9.59 Å². The lowest BCUT2D eigenvalue weighted by atomic mass is 10.0. The number of carbonyl (C=O) groups is 2. The Morgan fingerprint density at radius 1 is 1.11 bits per heavy atom. The first-order chi connectivity index (χ1) is 13.6. The van der Waals surface area contributed by atoms with E-state index < -0.39 is 5.97 Å². The van der Waals surface area contributed by atoms with Gasteiger partial charge < -0.3 is 14.8 Å². The van der Waals surface area contributed by atoms with Gasteiger partial charge in [-0.05, 0) is 24.3 Å². The summed E-state index contributed by atoms with van der Waals surface area (Å²) in [4.78, 5) is 29.0. The minimum Gasteiger partial charge on any atom is -0.452 e. The smallest absolute Gasteiger partial charge is 0.339 e. The normalized spacial score (nSPS) is 10.6. The van der Waals surface area contributed by atoms with Crippen molar-refractivity contribution >= 4 is 34.4 Å². The second kappa shape index (κ2) is 9.30. The van der Waals surface area contributed by atoms with E-state index in [1.54, 1.807) is 31.4 Å². The van der Waals surface area contributed by atoms with Crippen molar-refractivity contribution in [1.82, 2.24) is 10.3 Å². The maximum absolute atomic E-state index is 12.7. The van der Waals surface area contributed by atoms with E-state index in [1.807, 2.05) is 30.3 Å². The molecule has 1 amide bonds. The number of ether oxygens (including phenoxy) is 2. The summed E-state index contributed by atoms with van der Waals surface area (Å²) in [6.45, 7) is 0.375. The molecule has 1 heterocycles. The van der Waals surface area contributed by atoms with Crippen LogP contribution in [0.1, 0.15) is 10.4 Å². The second-order valence-electron chi connectivity index (χ2n) is 6.00. The van der Waals surface area contributed by atoms with Crippen LogP contribution in [0.5, 0.6) is 0 Å². The van der Waals surface area contributed by atoms with Crippen molar-refractivity contribution in [3.63, 3.8) is 0 Å². The van der Waals surface area contributed by atoms with Crippen LogP contribution in [-0.4, -0.2) is 43.7 Å². The highest BCUT2D eigenvalue weighted by Crippen LogP contribution is 2.26. The Labute approximate surface area is 167 Å². The minimum atomic E-state index is -0.587. The molecular formula is C21H19ClN2O4. The molecule has 0 aliphatic heterocycles. The molecule has 1 aromatic heterocycles. The third-order valence-corrected chi connectivity index (χ3v) is 4.29. The van der Waals surface area contributed by atoms with Crippen molar-refractivity contribution in [2.45, 2.75) is 0 Å². The molecule has 0 spiro atoms. The van der Waals surface area contributed by atoms with E-state index in [-0.39, 0.29) is 12.5 Å². The van der Waals surface area contributed by atoms with E-state index in [2.05, 4.69) is 10.3 Å². The number of benzene rings is 2. The largest absolute Gasteiger partial charge is 0.452 e. The van der Waals surface area contributed by atoms with E-state index >= 15 is 0 Å². The van der Waals surface area contributed by atoms with Gasteiger partial charge in [-0.2, -0.15) is 0 Å². The van der Waals surface area contributed by atoms with Crippen molar-refractivity contribution in [2.24, 2.45) is 0 Å². The number of amides is 1. The number of hydrogen-bond donors (Lipinski definition) is 1. The first-order valence-electron chi connectivity index (χ1n) is 8.67. The first kappa shape index (κ1) is 19.8. The molecule has 0 saturated heterocycles. The summed E-state index contributed by atoms with van der Waals surface area (Å²) in [6, 6.07) is 16.1. The molecule has 1 N–H and O–H groups in total. The Kier molecular flexibility index (Phi) is 6.57. The van der Waals surface area contributed by atoms with Crippen LogP contribution in [0.2, 0.25) is 5.02 Å². The van der Waals surface area contributed by atoms with E-state index in [4.69, 9.17) is 21.1 Å². The number of pyridine rings is 1. The van der Waals surface area contributed by atoms with Crippen LogP contribution < -0.4 is 5.32 Å². The molecule has 6 nitrogen and oxygen atoms in total. The zero-order valence-corrected chi connectivity index (χ0v) is 16.0. The van der Waals surface area contributed by atoms with Crippen LogP contribution in [0.4, 0.5) is 0 Å². The number of methoxy groups -OCH3 is 1. The Morgan fingerprint density at radius 3 is 2.61 bits per heavy atom. The fraction of sp³-hybridized carbons (Fsp3) is 0.190. The summed E-state index contributed by atoms with van der Waals surface area (Å²) in [5.41, 5.74) is 2.44. The Morgan fingerprint density at radius 2 is 1.86 bits per heavy atom. The van der Waals surface area contributed by atoms with Crippen LogP contribution in [-0.2, 0) is 14.3 Å². The van der Waals surface area contributed by atoms with E-state index in [0.717, 1.165) is 5.56 Å². The van der Waals surface area contributed by atoms with Gasteiger partial charge in [-0.25, -0.2) is 9.78 Å². The number of para-hydroxylation sites is 1. The molecule has 28 heavy (non-hydrogen) atoms. The lowest BCUT2D eigenvalue weighted by molar-refractivity contribution is -0.124. The third-order valence-electron chi connectivity index (χ3n) is 4.04. The van der Waals surface area contributed by atoms with Crippen molar-refractivity contribution in [3.8, 4) is 11.3 Å². The SMILES string of the molecule is COCCNC(=O)COC(=O)c1cc(-c2ccc(Cl)cc2)nc2ccccc12. The second-order valence-corrected chi connectivity index (χ2v) is 6.43. The molecule has 0 radical (unpaired) electrons. The van der Waals surface area contributed by atoms with Crippen LogP contribution >= 0.6 is 11.6 Å². The van der Waals surface area contributed by atoms with Crippen LogP contribution in [0.25, 0.3) is 22.2 Å². The summed E-state index contributed by atoms with van der Waals surface area (Å²) in [6.07, 6.45) is 0. The van der Waals surface area contributed by atoms with Crippen molar-refractivity contribution in [3.05, 3.63) is 65.2 Å². The van der Waals surface area contributed by atoms with Gasteiger partial charge >= 0.3 is 5.97 Å². The molecule has 3 aromatic rings. The molecule has 144 valence electrons. The molecule has 0 fully saturated rings. The number of aromatic nitrogens is 1. The van der Waals surface area contributed by atoms with Gasteiger partial charge in [0.2, 0.25) is 0 Å². The Bertz CT molecular complexity index is 989. The molecule has 0 atom stereocenters. The highest BCUT2D eigenvalue weighted by Gasteiger charge is 2.16. The monoisotopic (exact) mass is 398 g/mol. The van der Waals surface area contributed by atoms with Crippen LogP contribution in [0.3, 0.4) is 0 Å². The number of halogens is 1. The number of esters is 1. The molecule has 0 aliphatic carbocycles. The summed E-state index contributed by atoms with van der Waals surface area (Å²) < 4.78 is 10.1. The van der Waals surface area contributed by atoms with Gasteiger partial charge in [0.1, 0.15) is 0 Å². The van der Waals surface area contributed by atoms with E-state index in [1.165, 1.54) is 0 Å². The van der Waals surface area contributed by atoms with Gasteiger partial charge in [0.15, 0.2) is 6.61 Å². The number of fused-ring (bicyclic) bond motifs is 1. The zero-order chi connectivity index (χ0) is 19.9. The maximum atomic E-state index is 12.7.